The number of likely N-dealkylation sites (tertiary alicyclic amines) is 1. The highest BCUT2D eigenvalue weighted by molar-refractivity contribution is 7.10. The molecule has 3 unspecified atom stereocenters. The minimum atomic E-state index is -4.48. The molecular formula is C32H30F5N5O3S. The third kappa shape index (κ3) is 5.25. The SMILES string of the molecule is C[C@@H](NC(=O)[C@H]1C[C@@]2(CC(F)(F)F)CC2N1C(=O)CNC(=O)c1ccc2c(c1)-c1ccccc1C2(F)F)c1cc(C2NC2N)cs1. The minimum absolute atomic E-state index is 0.0361. The van der Waals surface area contributed by atoms with Crippen molar-refractivity contribution in [3.05, 3.63) is 81.0 Å². The van der Waals surface area contributed by atoms with Crippen LogP contribution in [0.3, 0.4) is 0 Å². The summed E-state index contributed by atoms with van der Waals surface area (Å²) in [5, 5.41) is 10.3. The number of benzene rings is 2. The molecule has 2 aliphatic heterocycles. The van der Waals surface area contributed by atoms with Gasteiger partial charge in [0.25, 0.3) is 11.8 Å². The van der Waals surface area contributed by atoms with Crippen molar-refractivity contribution in [2.75, 3.05) is 6.54 Å². The number of hydrogen-bond donors (Lipinski definition) is 4. The van der Waals surface area contributed by atoms with Gasteiger partial charge in [0.15, 0.2) is 0 Å². The van der Waals surface area contributed by atoms with Gasteiger partial charge in [0.2, 0.25) is 11.8 Å². The molecule has 3 fully saturated rings. The summed E-state index contributed by atoms with van der Waals surface area (Å²) in [6.45, 7) is 1.18. The lowest BCUT2D eigenvalue weighted by atomic mass is 9.95. The normalized spacial score (nSPS) is 27.3. The molecule has 242 valence electrons. The van der Waals surface area contributed by atoms with E-state index in [1.54, 1.807) is 19.1 Å². The zero-order chi connectivity index (χ0) is 32.8. The van der Waals surface area contributed by atoms with Gasteiger partial charge in [-0.2, -0.15) is 22.0 Å². The summed E-state index contributed by atoms with van der Waals surface area (Å²) < 4.78 is 70.4. The van der Waals surface area contributed by atoms with E-state index < -0.39 is 66.3 Å². The van der Waals surface area contributed by atoms with Gasteiger partial charge in [-0.25, -0.2) is 0 Å². The van der Waals surface area contributed by atoms with Crippen LogP contribution in [-0.4, -0.2) is 53.6 Å². The van der Waals surface area contributed by atoms with Crippen LogP contribution >= 0.6 is 11.3 Å². The standard InChI is InChI=1S/C32H30F5N5O3S/c1-15(23-9-17(13-46-23)26-27(38)41-26)40-29(45)22-10-30(14-31(33,34)35)11-24(30)42(22)25(43)12-39-28(44)16-6-7-21-19(8-16)18-4-2-3-5-20(18)32(21,36)37/h2-9,13,15,22,24,26-27,41H,10-12,14,38H2,1H3,(H,39,44)(H,40,45)/t15-,22-,24?,26?,27?,30+/m1/s1. The van der Waals surface area contributed by atoms with Gasteiger partial charge in [-0.05, 0) is 60.0 Å². The van der Waals surface area contributed by atoms with Crippen molar-refractivity contribution >= 4 is 29.1 Å². The predicted octanol–water partition coefficient (Wildman–Crippen LogP) is 4.72. The van der Waals surface area contributed by atoms with Gasteiger partial charge < -0.3 is 21.3 Å². The number of halogens is 5. The lowest BCUT2D eigenvalue weighted by Gasteiger charge is -2.28. The molecule has 3 amide bonds. The molecule has 2 aromatic carbocycles. The minimum Gasteiger partial charge on any atom is -0.347 e. The molecule has 4 aliphatic rings. The van der Waals surface area contributed by atoms with Crippen LogP contribution in [0.5, 0.6) is 0 Å². The second-order valence-electron chi connectivity index (χ2n) is 12.6. The fourth-order valence-corrected chi connectivity index (χ4v) is 8.08. The molecule has 46 heavy (non-hydrogen) atoms. The fourth-order valence-electron chi connectivity index (χ4n) is 7.13. The summed E-state index contributed by atoms with van der Waals surface area (Å²) in [7, 11) is 0. The summed E-state index contributed by atoms with van der Waals surface area (Å²) in [4.78, 5) is 42.0. The number of nitrogens with two attached hydrogens (primary N) is 1. The van der Waals surface area contributed by atoms with Crippen LogP contribution in [0.15, 0.2) is 53.9 Å². The molecule has 5 N–H and O–H groups in total. The number of fused-ring (bicyclic) bond motifs is 4. The zero-order valence-corrected chi connectivity index (χ0v) is 25.3. The number of amides is 3. The van der Waals surface area contributed by atoms with Crippen molar-refractivity contribution in [2.24, 2.45) is 11.1 Å². The Balaban J connectivity index is 1.05. The number of piperidine rings is 1. The number of thiophene rings is 1. The van der Waals surface area contributed by atoms with Crippen LogP contribution in [0, 0.1) is 5.41 Å². The first kappa shape index (κ1) is 30.8. The number of nitrogens with one attached hydrogen (secondary N) is 3. The summed E-state index contributed by atoms with van der Waals surface area (Å²) >= 11 is 1.42. The second kappa shape index (κ2) is 10.6. The highest BCUT2D eigenvalue weighted by atomic mass is 32.1. The van der Waals surface area contributed by atoms with E-state index in [1.165, 1.54) is 46.6 Å². The highest BCUT2D eigenvalue weighted by Gasteiger charge is 2.69. The molecule has 0 radical (unpaired) electrons. The Hall–Kier alpha value is -3.88. The van der Waals surface area contributed by atoms with Crippen molar-refractivity contribution in [3.8, 4) is 11.1 Å². The van der Waals surface area contributed by atoms with E-state index in [0.29, 0.717) is 5.56 Å². The second-order valence-corrected chi connectivity index (χ2v) is 13.6. The zero-order valence-electron chi connectivity index (χ0n) is 24.5. The Morgan fingerprint density at radius 3 is 2.52 bits per heavy atom. The van der Waals surface area contributed by atoms with E-state index in [4.69, 9.17) is 5.73 Å². The van der Waals surface area contributed by atoms with Crippen molar-refractivity contribution in [1.29, 1.82) is 0 Å². The fraction of sp³-hybridized carbons (Fsp3) is 0.406. The smallest absolute Gasteiger partial charge is 0.347 e. The third-order valence-corrected chi connectivity index (χ3v) is 10.7. The Morgan fingerprint density at radius 2 is 1.80 bits per heavy atom. The molecule has 7 rings (SSSR count). The van der Waals surface area contributed by atoms with Crippen molar-refractivity contribution in [1.82, 2.24) is 20.9 Å². The van der Waals surface area contributed by atoms with Gasteiger partial charge in [0.1, 0.15) is 6.04 Å². The first-order chi connectivity index (χ1) is 21.7. The van der Waals surface area contributed by atoms with E-state index in [9.17, 15) is 36.3 Å². The van der Waals surface area contributed by atoms with Gasteiger partial charge >= 0.3 is 6.18 Å². The monoisotopic (exact) mass is 659 g/mol. The first-order valence-corrected chi connectivity index (χ1v) is 15.8. The maximum atomic E-state index is 14.9. The van der Waals surface area contributed by atoms with Crippen LogP contribution < -0.4 is 21.7 Å². The number of carbonyl (C=O) groups excluding carboxylic acids is 3. The van der Waals surface area contributed by atoms with Crippen LogP contribution in [0.25, 0.3) is 11.1 Å². The van der Waals surface area contributed by atoms with E-state index >= 15 is 0 Å². The van der Waals surface area contributed by atoms with Crippen LogP contribution in [0.1, 0.15) is 70.2 Å². The Kier molecular flexibility index (Phi) is 7.07. The molecular weight excluding hydrogens is 629 g/mol. The van der Waals surface area contributed by atoms with E-state index in [0.717, 1.165) is 10.4 Å². The van der Waals surface area contributed by atoms with Gasteiger partial charge in [0.05, 0.1) is 31.2 Å². The van der Waals surface area contributed by atoms with E-state index in [-0.39, 0.29) is 47.3 Å². The number of hydrogen-bond acceptors (Lipinski definition) is 6. The van der Waals surface area contributed by atoms with Crippen molar-refractivity contribution in [3.63, 3.8) is 0 Å². The summed E-state index contributed by atoms with van der Waals surface area (Å²) in [6.07, 6.45) is -5.78. The maximum Gasteiger partial charge on any atom is 0.389 e. The maximum absolute atomic E-state index is 14.9. The van der Waals surface area contributed by atoms with Gasteiger partial charge in [-0.15, -0.1) is 11.3 Å². The molecule has 3 heterocycles. The molecule has 3 aromatic rings. The molecule has 8 nitrogen and oxygen atoms in total. The molecule has 2 aliphatic carbocycles. The summed E-state index contributed by atoms with van der Waals surface area (Å²) in [5.41, 5.74) is 5.71. The number of alkyl halides is 5. The van der Waals surface area contributed by atoms with Crippen LogP contribution in [0.2, 0.25) is 0 Å². The molecule has 0 bridgehead atoms. The van der Waals surface area contributed by atoms with Gasteiger partial charge in [-0.3, -0.25) is 19.7 Å². The Labute approximate surface area is 264 Å². The van der Waals surface area contributed by atoms with Crippen molar-refractivity contribution in [2.45, 2.75) is 68.6 Å². The van der Waals surface area contributed by atoms with Gasteiger partial charge in [0, 0.05) is 33.0 Å². The van der Waals surface area contributed by atoms with Crippen LogP contribution in [0.4, 0.5) is 22.0 Å². The highest BCUT2D eigenvalue weighted by Crippen LogP contribution is 2.64. The Bertz CT molecular complexity index is 1760. The lowest BCUT2D eigenvalue weighted by Crippen LogP contribution is -2.51. The van der Waals surface area contributed by atoms with Crippen molar-refractivity contribution < 1.29 is 36.3 Å². The molecule has 1 aromatic heterocycles. The topological polar surface area (TPSA) is 126 Å². The largest absolute Gasteiger partial charge is 0.389 e. The lowest BCUT2D eigenvalue weighted by molar-refractivity contribution is -0.148. The molecule has 0 spiro atoms. The quantitative estimate of drug-likeness (QED) is 0.206. The summed E-state index contributed by atoms with van der Waals surface area (Å²) in [5.74, 6) is -5.21. The average Bonchev–Trinajstić information content (AvgIpc) is 3.73. The number of nitrogens with zero attached hydrogens (tertiary/aromatic N) is 1. The van der Waals surface area contributed by atoms with Crippen LogP contribution in [-0.2, 0) is 15.5 Å². The predicted molar refractivity (Wildman–Crippen MR) is 159 cm³/mol. The number of rotatable bonds is 8. The third-order valence-electron chi connectivity index (χ3n) is 9.54. The molecule has 1 saturated carbocycles. The average molecular weight is 660 g/mol. The molecule has 6 atom stereocenters. The summed E-state index contributed by atoms with van der Waals surface area (Å²) in [6, 6.07) is 9.29. The molecule has 14 heteroatoms. The molecule has 2 saturated heterocycles. The Morgan fingerprint density at radius 1 is 1.09 bits per heavy atom. The first-order valence-electron chi connectivity index (χ1n) is 14.9. The number of carbonyl (C=O) groups is 3. The van der Waals surface area contributed by atoms with Gasteiger partial charge in [-0.1, -0.05) is 30.3 Å². The van der Waals surface area contributed by atoms with E-state index in [1.807, 2.05) is 11.4 Å². The van der Waals surface area contributed by atoms with E-state index in [2.05, 4.69) is 16.0 Å².